The minimum absolute atomic E-state index is 0.0407. The van der Waals surface area contributed by atoms with Gasteiger partial charge in [0.25, 0.3) is 0 Å². The molecule has 0 saturated carbocycles. The van der Waals surface area contributed by atoms with E-state index in [2.05, 4.69) is 0 Å². The van der Waals surface area contributed by atoms with Crippen LogP contribution >= 0.6 is 0 Å². The van der Waals surface area contributed by atoms with Gasteiger partial charge in [-0.25, -0.2) is 4.39 Å². The average molecular weight is 196 g/mol. The second-order valence-electron chi connectivity index (χ2n) is 2.98. The van der Waals surface area contributed by atoms with Crippen molar-refractivity contribution in [2.24, 2.45) is 0 Å². The van der Waals surface area contributed by atoms with Crippen molar-refractivity contribution in [3.8, 4) is 5.75 Å². The van der Waals surface area contributed by atoms with Crippen LogP contribution in [0.1, 0.15) is 30.1 Å². The van der Waals surface area contributed by atoms with E-state index < -0.39 is 5.82 Å². The summed E-state index contributed by atoms with van der Waals surface area (Å²) in [4.78, 5) is 10.4. The highest BCUT2D eigenvalue weighted by molar-refractivity contribution is 5.76. The van der Waals surface area contributed by atoms with Gasteiger partial charge < -0.3 is 4.74 Å². The molecule has 1 aromatic rings. The Labute approximate surface area is 82.7 Å². The van der Waals surface area contributed by atoms with Crippen molar-refractivity contribution in [1.29, 1.82) is 0 Å². The van der Waals surface area contributed by atoms with Crippen LogP contribution in [0.5, 0.6) is 5.75 Å². The summed E-state index contributed by atoms with van der Waals surface area (Å²) in [6.07, 6.45) is 2.36. The summed E-state index contributed by atoms with van der Waals surface area (Å²) < 4.78 is 18.5. The predicted molar refractivity (Wildman–Crippen MR) is 52.2 cm³/mol. The van der Waals surface area contributed by atoms with E-state index in [9.17, 15) is 9.18 Å². The van der Waals surface area contributed by atoms with E-state index in [1.807, 2.05) is 6.92 Å². The number of ether oxygens (including phenoxy) is 1. The number of hydrogen-bond acceptors (Lipinski definition) is 2. The van der Waals surface area contributed by atoms with E-state index in [1.165, 1.54) is 12.1 Å². The molecule has 0 heterocycles. The van der Waals surface area contributed by atoms with Gasteiger partial charge in [0.1, 0.15) is 0 Å². The smallest absolute Gasteiger partial charge is 0.175 e. The molecule has 0 amide bonds. The Morgan fingerprint density at radius 1 is 1.50 bits per heavy atom. The van der Waals surface area contributed by atoms with Crippen LogP contribution < -0.4 is 4.74 Å². The summed E-state index contributed by atoms with van der Waals surface area (Å²) in [7, 11) is 0. The molecule has 3 heteroatoms. The van der Waals surface area contributed by atoms with Crippen LogP contribution in [-0.4, -0.2) is 12.9 Å². The predicted octanol–water partition coefficient (Wildman–Crippen LogP) is 2.82. The Bertz CT molecular complexity index is 310. The number of hydrogen-bond donors (Lipinski definition) is 0. The Morgan fingerprint density at radius 3 is 2.93 bits per heavy atom. The molecule has 0 saturated heterocycles. The molecule has 2 nitrogen and oxygen atoms in total. The zero-order valence-electron chi connectivity index (χ0n) is 8.13. The highest BCUT2D eigenvalue weighted by atomic mass is 19.1. The summed E-state index contributed by atoms with van der Waals surface area (Å²) >= 11 is 0. The van der Waals surface area contributed by atoms with Crippen LogP contribution in [0.4, 0.5) is 4.39 Å². The van der Waals surface area contributed by atoms with Gasteiger partial charge in [0.15, 0.2) is 17.9 Å². The highest BCUT2D eigenvalue weighted by Crippen LogP contribution is 2.19. The Morgan fingerprint density at radius 2 is 2.29 bits per heavy atom. The lowest BCUT2D eigenvalue weighted by Gasteiger charge is -2.06. The van der Waals surface area contributed by atoms with Gasteiger partial charge in [-0.1, -0.05) is 19.4 Å². The molecule has 1 aromatic carbocycles. The molecular formula is C11H13FO2. The van der Waals surface area contributed by atoms with Crippen molar-refractivity contribution in [3.05, 3.63) is 29.6 Å². The van der Waals surface area contributed by atoms with Gasteiger partial charge in [-0.2, -0.15) is 0 Å². The van der Waals surface area contributed by atoms with Gasteiger partial charge in [-0.3, -0.25) is 4.79 Å². The number of halogens is 1. The minimum atomic E-state index is -0.571. The van der Waals surface area contributed by atoms with Gasteiger partial charge in [0.2, 0.25) is 0 Å². The third kappa shape index (κ3) is 2.55. The van der Waals surface area contributed by atoms with Gasteiger partial charge in [-0.15, -0.1) is 0 Å². The van der Waals surface area contributed by atoms with E-state index in [-0.39, 0.29) is 11.3 Å². The van der Waals surface area contributed by atoms with Crippen LogP contribution in [0, 0.1) is 5.82 Å². The summed E-state index contributed by atoms with van der Waals surface area (Å²) in [5.74, 6) is -0.415. The number of benzene rings is 1. The van der Waals surface area contributed by atoms with E-state index >= 15 is 0 Å². The first-order valence-corrected chi connectivity index (χ1v) is 4.66. The quantitative estimate of drug-likeness (QED) is 0.534. The van der Waals surface area contributed by atoms with Crippen LogP contribution in [0.3, 0.4) is 0 Å². The summed E-state index contributed by atoms with van der Waals surface area (Å²) in [5, 5.41) is 0. The summed E-state index contributed by atoms with van der Waals surface area (Å²) in [5.41, 5.74) is 0.0407. The lowest BCUT2D eigenvalue weighted by Crippen LogP contribution is -2.00. The van der Waals surface area contributed by atoms with Crippen molar-refractivity contribution in [2.75, 3.05) is 6.61 Å². The molecule has 0 aliphatic heterocycles. The average Bonchev–Trinajstić information content (AvgIpc) is 2.21. The molecule has 0 N–H and O–H groups in total. The fourth-order valence-electron chi connectivity index (χ4n) is 1.06. The standard InChI is InChI=1S/C11H13FO2/c1-2-3-7-14-10-6-4-5-9(8-13)11(10)12/h4-6,8H,2-3,7H2,1H3. The van der Waals surface area contributed by atoms with Gasteiger partial charge in [-0.05, 0) is 18.6 Å². The fraction of sp³-hybridized carbons (Fsp3) is 0.364. The van der Waals surface area contributed by atoms with Crippen LogP contribution in [0.25, 0.3) is 0 Å². The molecule has 0 bridgehead atoms. The maximum atomic E-state index is 13.3. The molecule has 0 atom stereocenters. The third-order valence-corrected chi connectivity index (χ3v) is 1.88. The highest BCUT2D eigenvalue weighted by Gasteiger charge is 2.07. The molecule has 0 unspecified atom stereocenters. The molecule has 76 valence electrons. The maximum Gasteiger partial charge on any atom is 0.175 e. The summed E-state index contributed by atoms with van der Waals surface area (Å²) in [6.45, 7) is 2.51. The number of unbranched alkanes of at least 4 members (excludes halogenated alkanes) is 1. The molecule has 0 aromatic heterocycles. The third-order valence-electron chi connectivity index (χ3n) is 1.88. The number of aldehydes is 1. The first-order valence-electron chi connectivity index (χ1n) is 4.66. The SMILES string of the molecule is CCCCOc1cccc(C=O)c1F. The van der Waals surface area contributed by atoms with Crippen LogP contribution in [-0.2, 0) is 0 Å². The van der Waals surface area contributed by atoms with E-state index in [4.69, 9.17) is 4.74 Å². The zero-order chi connectivity index (χ0) is 10.4. The number of rotatable bonds is 5. The molecule has 0 aliphatic carbocycles. The summed E-state index contributed by atoms with van der Waals surface area (Å²) in [6, 6.07) is 4.56. The minimum Gasteiger partial charge on any atom is -0.490 e. The van der Waals surface area contributed by atoms with Gasteiger partial charge in [0, 0.05) is 0 Å². The van der Waals surface area contributed by atoms with Crippen molar-refractivity contribution >= 4 is 6.29 Å². The maximum absolute atomic E-state index is 13.3. The normalized spacial score (nSPS) is 9.86. The largest absolute Gasteiger partial charge is 0.490 e. The van der Waals surface area contributed by atoms with Crippen molar-refractivity contribution in [1.82, 2.24) is 0 Å². The Hall–Kier alpha value is -1.38. The molecule has 0 fully saturated rings. The van der Waals surface area contributed by atoms with Crippen LogP contribution in [0.15, 0.2) is 18.2 Å². The van der Waals surface area contributed by atoms with E-state index in [0.29, 0.717) is 12.9 Å². The van der Waals surface area contributed by atoms with Crippen molar-refractivity contribution in [3.63, 3.8) is 0 Å². The first kappa shape index (κ1) is 10.7. The number of carbonyl (C=O) groups excluding carboxylic acids is 1. The van der Waals surface area contributed by atoms with Gasteiger partial charge >= 0.3 is 0 Å². The topological polar surface area (TPSA) is 26.3 Å². The molecule has 1 rings (SSSR count). The van der Waals surface area contributed by atoms with E-state index in [0.717, 1.165) is 12.8 Å². The van der Waals surface area contributed by atoms with E-state index in [1.54, 1.807) is 6.07 Å². The lowest BCUT2D eigenvalue weighted by atomic mass is 10.2. The molecule has 0 spiro atoms. The fourth-order valence-corrected chi connectivity index (χ4v) is 1.06. The van der Waals surface area contributed by atoms with Crippen LogP contribution in [0.2, 0.25) is 0 Å². The van der Waals surface area contributed by atoms with Gasteiger partial charge in [0.05, 0.1) is 12.2 Å². The number of carbonyl (C=O) groups is 1. The second-order valence-corrected chi connectivity index (χ2v) is 2.98. The Kier molecular flexibility index (Phi) is 4.11. The second kappa shape index (κ2) is 5.37. The molecule has 0 aliphatic rings. The monoisotopic (exact) mass is 196 g/mol. The van der Waals surface area contributed by atoms with Crippen molar-refractivity contribution in [2.45, 2.75) is 19.8 Å². The molecular weight excluding hydrogens is 183 g/mol. The van der Waals surface area contributed by atoms with Crippen molar-refractivity contribution < 1.29 is 13.9 Å². The molecule has 0 radical (unpaired) electrons. The Balaban J connectivity index is 2.71. The first-order chi connectivity index (χ1) is 6.79. The zero-order valence-corrected chi connectivity index (χ0v) is 8.13. The lowest BCUT2D eigenvalue weighted by molar-refractivity contribution is 0.111. The molecule has 14 heavy (non-hydrogen) atoms.